The summed E-state index contributed by atoms with van der Waals surface area (Å²) in [5.41, 5.74) is 5.27. The lowest BCUT2D eigenvalue weighted by Gasteiger charge is -2.18. The van der Waals surface area contributed by atoms with Crippen LogP contribution in [-0.4, -0.2) is 28.6 Å². The van der Waals surface area contributed by atoms with Crippen molar-refractivity contribution < 1.29 is 14.3 Å². The van der Waals surface area contributed by atoms with Gasteiger partial charge in [-0.2, -0.15) is 4.68 Å². The normalized spacial score (nSPS) is 11.2. The van der Waals surface area contributed by atoms with Crippen LogP contribution in [0.2, 0.25) is 0 Å². The van der Waals surface area contributed by atoms with Crippen LogP contribution in [0.5, 0.6) is 5.88 Å². The summed E-state index contributed by atoms with van der Waals surface area (Å²) in [6, 6.07) is 0. The van der Waals surface area contributed by atoms with Gasteiger partial charge >= 0.3 is 6.09 Å². The van der Waals surface area contributed by atoms with Gasteiger partial charge in [0.05, 0.1) is 13.3 Å². The predicted molar refractivity (Wildman–Crippen MR) is 54.8 cm³/mol. The van der Waals surface area contributed by atoms with Crippen LogP contribution in [0.1, 0.15) is 20.8 Å². The molecule has 0 saturated carbocycles. The van der Waals surface area contributed by atoms with Crippen LogP contribution in [0, 0.1) is 0 Å². The fourth-order valence-electron chi connectivity index (χ4n) is 0.932. The highest BCUT2D eigenvalue weighted by molar-refractivity contribution is 5.71. The summed E-state index contributed by atoms with van der Waals surface area (Å²) < 4.78 is 10.9. The van der Waals surface area contributed by atoms with Crippen molar-refractivity contribution in [3.8, 4) is 5.88 Å². The van der Waals surface area contributed by atoms with E-state index in [1.54, 1.807) is 20.8 Å². The van der Waals surface area contributed by atoms with Gasteiger partial charge in [0.25, 0.3) is 5.88 Å². The molecule has 0 aromatic carbocycles. The molecular formula is C9H15N3O3. The Hall–Kier alpha value is -1.72. The van der Waals surface area contributed by atoms with E-state index >= 15 is 0 Å². The number of carbonyl (C=O) groups excluding carboxylic acids is 1. The lowest BCUT2D eigenvalue weighted by Crippen LogP contribution is -2.27. The minimum Gasteiger partial charge on any atom is -0.478 e. The van der Waals surface area contributed by atoms with Gasteiger partial charge in [0, 0.05) is 0 Å². The third-order valence-electron chi connectivity index (χ3n) is 1.48. The van der Waals surface area contributed by atoms with Gasteiger partial charge in [-0.3, -0.25) is 0 Å². The van der Waals surface area contributed by atoms with Crippen molar-refractivity contribution in [3.63, 3.8) is 0 Å². The molecule has 1 aromatic heterocycles. The van der Waals surface area contributed by atoms with Crippen LogP contribution in [0.3, 0.4) is 0 Å². The topological polar surface area (TPSA) is 79.4 Å². The molecule has 0 aliphatic heterocycles. The first-order valence-electron chi connectivity index (χ1n) is 4.46. The molecule has 0 aliphatic rings. The Balaban J connectivity index is 2.83. The maximum Gasteiger partial charge on any atom is 0.435 e. The Labute approximate surface area is 88.0 Å². The number of aromatic nitrogens is 2. The molecule has 2 N–H and O–H groups in total. The Morgan fingerprint density at radius 2 is 2.13 bits per heavy atom. The van der Waals surface area contributed by atoms with E-state index in [0.717, 1.165) is 4.68 Å². The molecule has 6 nitrogen and oxygen atoms in total. The molecule has 15 heavy (non-hydrogen) atoms. The molecule has 1 rings (SSSR count). The molecule has 1 aromatic rings. The van der Waals surface area contributed by atoms with Gasteiger partial charge in [-0.25, -0.2) is 4.79 Å². The molecule has 0 radical (unpaired) electrons. The molecule has 6 heteroatoms. The van der Waals surface area contributed by atoms with Gasteiger partial charge < -0.3 is 15.2 Å². The smallest absolute Gasteiger partial charge is 0.435 e. The molecule has 0 saturated heterocycles. The molecule has 0 bridgehead atoms. The first-order valence-corrected chi connectivity index (χ1v) is 4.46. The second kappa shape index (κ2) is 3.80. The van der Waals surface area contributed by atoms with Gasteiger partial charge in [0.2, 0.25) is 0 Å². The van der Waals surface area contributed by atoms with Crippen LogP contribution in [0.25, 0.3) is 0 Å². The zero-order valence-electron chi connectivity index (χ0n) is 9.27. The number of hydrogen-bond acceptors (Lipinski definition) is 5. The van der Waals surface area contributed by atoms with Crippen molar-refractivity contribution in [2.75, 3.05) is 12.8 Å². The van der Waals surface area contributed by atoms with E-state index in [9.17, 15) is 4.79 Å². The van der Waals surface area contributed by atoms with Crippen LogP contribution >= 0.6 is 0 Å². The van der Waals surface area contributed by atoms with E-state index in [1.807, 2.05) is 0 Å². The minimum atomic E-state index is -0.586. The Morgan fingerprint density at radius 3 is 2.53 bits per heavy atom. The highest BCUT2D eigenvalue weighted by atomic mass is 16.6. The first-order chi connectivity index (χ1) is 6.83. The molecule has 84 valence electrons. The predicted octanol–water partition coefficient (Wildman–Crippen LogP) is 1.26. The number of nitrogens with two attached hydrogens (primary N) is 1. The zero-order valence-corrected chi connectivity index (χ0v) is 9.27. The highest BCUT2D eigenvalue weighted by Gasteiger charge is 2.19. The Bertz CT molecular complexity index is 365. The number of nitrogen functional groups attached to an aromatic ring is 1. The van der Waals surface area contributed by atoms with Gasteiger partial charge in [-0.15, -0.1) is 5.10 Å². The van der Waals surface area contributed by atoms with Crippen molar-refractivity contribution in [2.24, 2.45) is 0 Å². The van der Waals surface area contributed by atoms with E-state index in [0.29, 0.717) is 5.69 Å². The average Bonchev–Trinajstić information content (AvgIpc) is 2.43. The Morgan fingerprint density at radius 1 is 1.53 bits per heavy atom. The van der Waals surface area contributed by atoms with Crippen molar-refractivity contribution in [3.05, 3.63) is 6.20 Å². The van der Waals surface area contributed by atoms with E-state index in [4.69, 9.17) is 15.2 Å². The molecule has 0 amide bonds. The molecule has 0 atom stereocenters. The van der Waals surface area contributed by atoms with Crippen LogP contribution in [0.15, 0.2) is 6.20 Å². The molecule has 1 heterocycles. The van der Waals surface area contributed by atoms with Crippen molar-refractivity contribution in [1.82, 2.24) is 9.78 Å². The second-order valence-electron chi connectivity index (χ2n) is 4.02. The number of ether oxygens (including phenoxy) is 2. The van der Waals surface area contributed by atoms with Crippen molar-refractivity contribution >= 4 is 11.8 Å². The third kappa shape index (κ3) is 2.87. The largest absolute Gasteiger partial charge is 0.478 e. The second-order valence-corrected chi connectivity index (χ2v) is 4.02. The summed E-state index contributed by atoms with van der Waals surface area (Å²) in [4.78, 5) is 11.5. The zero-order chi connectivity index (χ0) is 11.6. The van der Waals surface area contributed by atoms with Crippen LogP contribution < -0.4 is 10.5 Å². The van der Waals surface area contributed by atoms with Gasteiger partial charge in [-0.05, 0) is 20.8 Å². The maximum atomic E-state index is 11.5. The number of rotatable bonds is 1. The third-order valence-corrected chi connectivity index (χ3v) is 1.48. The fraction of sp³-hybridized carbons (Fsp3) is 0.556. The van der Waals surface area contributed by atoms with E-state index in [2.05, 4.69) is 5.10 Å². The highest BCUT2D eigenvalue weighted by Crippen LogP contribution is 2.18. The standard InChI is InChI=1S/C9H15N3O3/c1-9(2,3)15-8(13)12-5-6(10)7(11-12)14-4/h5H,10H2,1-4H3. The van der Waals surface area contributed by atoms with Crippen molar-refractivity contribution in [1.29, 1.82) is 0 Å². The average molecular weight is 213 g/mol. The van der Waals surface area contributed by atoms with Gasteiger partial charge in [0.15, 0.2) is 0 Å². The lowest BCUT2D eigenvalue weighted by atomic mass is 10.2. The molecule has 0 spiro atoms. The quantitative estimate of drug-likeness (QED) is 0.759. The molecular weight excluding hydrogens is 198 g/mol. The van der Waals surface area contributed by atoms with E-state index < -0.39 is 11.7 Å². The van der Waals surface area contributed by atoms with E-state index in [-0.39, 0.29) is 5.88 Å². The number of anilines is 1. The summed E-state index contributed by atoms with van der Waals surface area (Å²) in [7, 11) is 1.43. The maximum absolute atomic E-state index is 11.5. The molecule has 0 aliphatic carbocycles. The van der Waals surface area contributed by atoms with Crippen molar-refractivity contribution in [2.45, 2.75) is 26.4 Å². The summed E-state index contributed by atoms with van der Waals surface area (Å²) in [6.45, 7) is 5.32. The van der Waals surface area contributed by atoms with Crippen LogP contribution in [-0.2, 0) is 4.74 Å². The summed E-state index contributed by atoms with van der Waals surface area (Å²) in [5, 5.41) is 3.81. The number of hydrogen-bond donors (Lipinski definition) is 1. The molecule has 0 fully saturated rings. The minimum absolute atomic E-state index is 0.209. The lowest BCUT2D eigenvalue weighted by molar-refractivity contribution is 0.0512. The number of nitrogens with zero attached hydrogens (tertiary/aromatic N) is 2. The monoisotopic (exact) mass is 213 g/mol. The Kier molecular flexibility index (Phi) is 2.88. The number of methoxy groups -OCH3 is 1. The molecule has 0 unspecified atom stereocenters. The summed E-state index contributed by atoms with van der Waals surface area (Å²) in [6.07, 6.45) is 0.768. The summed E-state index contributed by atoms with van der Waals surface area (Å²) in [5.74, 6) is 0.209. The van der Waals surface area contributed by atoms with E-state index in [1.165, 1.54) is 13.3 Å². The fourth-order valence-corrected chi connectivity index (χ4v) is 0.932. The van der Waals surface area contributed by atoms with Gasteiger partial charge in [-0.1, -0.05) is 0 Å². The summed E-state index contributed by atoms with van der Waals surface area (Å²) >= 11 is 0. The van der Waals surface area contributed by atoms with Crippen LogP contribution in [0.4, 0.5) is 10.5 Å². The first kappa shape index (κ1) is 11.4. The van der Waals surface area contributed by atoms with Gasteiger partial charge in [0.1, 0.15) is 11.3 Å². The number of carbonyl (C=O) groups is 1. The SMILES string of the molecule is COc1nn(C(=O)OC(C)(C)C)cc1N.